The van der Waals surface area contributed by atoms with Crippen LogP contribution in [-0.4, -0.2) is 47.3 Å². The molecule has 0 spiro atoms. The van der Waals surface area contributed by atoms with Crippen LogP contribution in [0.4, 0.5) is 5.69 Å². The Morgan fingerprint density at radius 2 is 1.58 bits per heavy atom. The average molecular weight is 375 g/mol. The highest BCUT2D eigenvalue weighted by Crippen LogP contribution is 2.28. The molecule has 0 aliphatic carbocycles. The van der Waals surface area contributed by atoms with Crippen molar-refractivity contribution < 1.29 is 19.8 Å². The highest BCUT2D eigenvalue weighted by molar-refractivity contribution is 6.42. The fourth-order valence-corrected chi connectivity index (χ4v) is 2.65. The Labute approximate surface area is 150 Å². The van der Waals surface area contributed by atoms with Crippen LogP contribution in [0.2, 0.25) is 10.0 Å². The van der Waals surface area contributed by atoms with E-state index in [4.69, 9.17) is 33.4 Å². The lowest BCUT2D eigenvalue weighted by molar-refractivity contribution is -0.134. The van der Waals surface area contributed by atoms with Crippen LogP contribution in [0.5, 0.6) is 0 Å². The molecule has 8 heteroatoms. The van der Waals surface area contributed by atoms with Gasteiger partial charge in [0.2, 0.25) is 0 Å². The number of carbonyl (C=O) groups is 2. The van der Waals surface area contributed by atoms with E-state index in [0.717, 1.165) is 18.8 Å². The normalized spacial score (nSPS) is 20.4. The Hall–Kier alpha value is -1.76. The average Bonchev–Trinajstić information content (AvgIpc) is 2.47. The van der Waals surface area contributed by atoms with Crippen LogP contribution in [0.25, 0.3) is 0 Å². The molecule has 132 valence electrons. The lowest BCUT2D eigenvalue weighted by atomic mass is 10.1. The molecule has 1 saturated heterocycles. The highest BCUT2D eigenvalue weighted by Gasteiger charge is 2.21. The van der Waals surface area contributed by atoms with E-state index in [0.29, 0.717) is 34.3 Å². The summed E-state index contributed by atoms with van der Waals surface area (Å²) in [5.74, 6) is -2.51. The van der Waals surface area contributed by atoms with Gasteiger partial charge in [0.15, 0.2) is 0 Å². The Morgan fingerprint density at radius 3 is 2.00 bits per heavy atom. The molecular weight excluding hydrogens is 355 g/mol. The fraction of sp³-hybridized carbons (Fsp3) is 0.375. The molecule has 0 saturated carbocycles. The molecule has 1 aromatic carbocycles. The lowest BCUT2D eigenvalue weighted by Crippen LogP contribution is -2.54. The summed E-state index contributed by atoms with van der Waals surface area (Å²) >= 11 is 11.9. The molecule has 1 aliphatic heterocycles. The van der Waals surface area contributed by atoms with Gasteiger partial charge in [-0.15, -0.1) is 0 Å². The minimum Gasteiger partial charge on any atom is -0.478 e. The molecule has 3 N–H and O–H groups in total. The van der Waals surface area contributed by atoms with Gasteiger partial charge < -0.3 is 20.4 Å². The van der Waals surface area contributed by atoms with Crippen LogP contribution in [-0.2, 0) is 9.59 Å². The van der Waals surface area contributed by atoms with Crippen molar-refractivity contribution in [3.63, 3.8) is 0 Å². The van der Waals surface area contributed by atoms with Crippen LogP contribution in [0, 0.1) is 0 Å². The molecule has 24 heavy (non-hydrogen) atoms. The van der Waals surface area contributed by atoms with E-state index in [9.17, 15) is 9.59 Å². The standard InChI is InChI=1S/C12H16Cl2N2.C4H4O4/c1-8-6-16(7-9(2)15-8)10-3-4-11(13)12(14)5-10;5-3(6)1-2-4(7)8/h3-5,8-9,15H,6-7H2,1-2H3;1-2H,(H,5,6)(H,7,8)/b;2-1+/t8-,9+;. The molecule has 1 heterocycles. The summed E-state index contributed by atoms with van der Waals surface area (Å²) < 4.78 is 0. The Balaban J connectivity index is 0.000000307. The third-order valence-corrected chi connectivity index (χ3v) is 3.93. The van der Waals surface area contributed by atoms with Gasteiger partial charge in [-0.2, -0.15) is 0 Å². The van der Waals surface area contributed by atoms with Gasteiger partial charge in [-0.05, 0) is 32.0 Å². The molecule has 1 aromatic rings. The van der Waals surface area contributed by atoms with Crippen molar-refractivity contribution in [2.24, 2.45) is 0 Å². The molecule has 0 unspecified atom stereocenters. The van der Waals surface area contributed by atoms with E-state index in [2.05, 4.69) is 24.1 Å². The summed E-state index contributed by atoms with van der Waals surface area (Å²) in [4.78, 5) is 21.4. The summed E-state index contributed by atoms with van der Waals surface area (Å²) in [6, 6.07) is 6.82. The zero-order valence-electron chi connectivity index (χ0n) is 13.4. The van der Waals surface area contributed by atoms with Gasteiger partial charge in [-0.1, -0.05) is 23.2 Å². The number of anilines is 1. The van der Waals surface area contributed by atoms with Crippen molar-refractivity contribution in [3.05, 3.63) is 40.4 Å². The second-order valence-corrected chi connectivity index (χ2v) is 6.30. The first-order chi connectivity index (χ1) is 11.2. The molecule has 2 atom stereocenters. The SMILES string of the molecule is C[C@@H]1CN(c2ccc(Cl)c(Cl)c2)C[C@H](C)N1.O=C(O)/C=C/C(=O)O. The van der Waals surface area contributed by atoms with Crippen molar-refractivity contribution in [1.82, 2.24) is 5.32 Å². The summed E-state index contributed by atoms with van der Waals surface area (Å²) in [5.41, 5.74) is 1.15. The summed E-state index contributed by atoms with van der Waals surface area (Å²) in [6.45, 7) is 6.39. The predicted octanol–water partition coefficient (Wildman–Crippen LogP) is 2.89. The molecule has 0 radical (unpaired) electrons. The van der Waals surface area contributed by atoms with E-state index in [1.54, 1.807) is 0 Å². The molecule has 0 bridgehead atoms. The minimum absolute atomic E-state index is 0.498. The van der Waals surface area contributed by atoms with Crippen molar-refractivity contribution in [1.29, 1.82) is 0 Å². The minimum atomic E-state index is -1.26. The molecule has 0 amide bonds. The predicted molar refractivity (Wildman–Crippen MR) is 95.1 cm³/mol. The number of benzene rings is 1. The Morgan fingerprint density at radius 1 is 1.08 bits per heavy atom. The number of aliphatic carboxylic acids is 2. The van der Waals surface area contributed by atoms with E-state index >= 15 is 0 Å². The van der Waals surface area contributed by atoms with Gasteiger partial charge >= 0.3 is 11.9 Å². The first-order valence-corrected chi connectivity index (χ1v) is 8.04. The van der Waals surface area contributed by atoms with Gasteiger partial charge in [0.05, 0.1) is 10.0 Å². The van der Waals surface area contributed by atoms with Crippen molar-refractivity contribution in [2.75, 3.05) is 18.0 Å². The second kappa shape index (κ2) is 9.52. The molecule has 1 fully saturated rings. The summed E-state index contributed by atoms with van der Waals surface area (Å²) in [5, 5.41) is 20.4. The third-order valence-electron chi connectivity index (χ3n) is 3.19. The van der Waals surface area contributed by atoms with Crippen LogP contribution in [0.1, 0.15) is 13.8 Å². The lowest BCUT2D eigenvalue weighted by Gasteiger charge is -2.37. The number of hydrogen-bond acceptors (Lipinski definition) is 4. The van der Waals surface area contributed by atoms with Gasteiger partial charge in [0, 0.05) is 43.0 Å². The van der Waals surface area contributed by atoms with Crippen molar-refractivity contribution in [2.45, 2.75) is 25.9 Å². The molecule has 0 aromatic heterocycles. The first-order valence-electron chi connectivity index (χ1n) is 7.29. The quantitative estimate of drug-likeness (QED) is 0.704. The number of carboxylic acids is 2. The zero-order chi connectivity index (χ0) is 18.3. The van der Waals surface area contributed by atoms with E-state index < -0.39 is 11.9 Å². The van der Waals surface area contributed by atoms with Gasteiger partial charge in [0.25, 0.3) is 0 Å². The van der Waals surface area contributed by atoms with Crippen LogP contribution in [0.3, 0.4) is 0 Å². The van der Waals surface area contributed by atoms with Gasteiger partial charge in [0.1, 0.15) is 0 Å². The number of rotatable bonds is 3. The number of halogens is 2. The molecule has 2 rings (SSSR count). The number of hydrogen-bond donors (Lipinski definition) is 3. The van der Waals surface area contributed by atoms with Crippen LogP contribution < -0.4 is 10.2 Å². The van der Waals surface area contributed by atoms with Crippen LogP contribution >= 0.6 is 23.2 Å². The van der Waals surface area contributed by atoms with Gasteiger partial charge in [-0.25, -0.2) is 9.59 Å². The number of nitrogens with one attached hydrogen (secondary N) is 1. The Kier molecular flexibility index (Phi) is 8.04. The van der Waals surface area contributed by atoms with Gasteiger partial charge in [-0.3, -0.25) is 0 Å². The summed E-state index contributed by atoms with van der Waals surface area (Å²) in [7, 11) is 0. The fourth-order valence-electron chi connectivity index (χ4n) is 2.36. The smallest absolute Gasteiger partial charge is 0.328 e. The molecular formula is C16H20Cl2N2O4. The highest BCUT2D eigenvalue weighted by atomic mass is 35.5. The largest absolute Gasteiger partial charge is 0.478 e. The second-order valence-electron chi connectivity index (χ2n) is 5.48. The molecule has 6 nitrogen and oxygen atoms in total. The van der Waals surface area contributed by atoms with E-state index in [1.165, 1.54) is 0 Å². The third kappa shape index (κ3) is 7.21. The summed E-state index contributed by atoms with van der Waals surface area (Å²) in [6.07, 6.45) is 1.12. The van der Waals surface area contributed by atoms with E-state index in [-0.39, 0.29) is 0 Å². The van der Waals surface area contributed by atoms with Crippen molar-refractivity contribution >= 4 is 40.8 Å². The topological polar surface area (TPSA) is 89.9 Å². The first kappa shape index (κ1) is 20.3. The van der Waals surface area contributed by atoms with E-state index in [1.807, 2.05) is 18.2 Å². The maximum atomic E-state index is 9.55. The maximum Gasteiger partial charge on any atom is 0.328 e. The number of nitrogens with zero attached hydrogens (tertiary/aromatic N) is 1. The monoisotopic (exact) mass is 374 g/mol. The molecule has 1 aliphatic rings. The zero-order valence-corrected chi connectivity index (χ0v) is 14.9. The van der Waals surface area contributed by atoms with Crippen LogP contribution in [0.15, 0.2) is 30.4 Å². The number of carboxylic acid groups (broad SMARTS) is 2. The number of piperazine rings is 1. The maximum absolute atomic E-state index is 9.55. The van der Waals surface area contributed by atoms with Crippen molar-refractivity contribution in [3.8, 4) is 0 Å². The Bertz CT molecular complexity index is 596.